The summed E-state index contributed by atoms with van der Waals surface area (Å²) >= 11 is 0. The number of carbonyl (C=O) groups excluding carboxylic acids is 1. The van der Waals surface area contributed by atoms with Crippen LogP contribution in [0.5, 0.6) is 5.75 Å². The van der Waals surface area contributed by atoms with E-state index >= 15 is 0 Å². The fraction of sp³-hybridized carbons (Fsp3) is 0.323. The Morgan fingerprint density at radius 2 is 1.69 bits per heavy atom. The van der Waals surface area contributed by atoms with Crippen molar-refractivity contribution in [1.29, 1.82) is 0 Å². The number of carbonyl (C=O) groups is 1. The average Bonchev–Trinajstić information content (AvgIpc) is 3.40. The van der Waals surface area contributed by atoms with E-state index < -0.39 is 0 Å². The van der Waals surface area contributed by atoms with Gasteiger partial charge in [-0.2, -0.15) is 5.10 Å². The van der Waals surface area contributed by atoms with Gasteiger partial charge in [0.15, 0.2) is 0 Å². The molecule has 0 fully saturated rings. The molecule has 0 saturated heterocycles. The first kappa shape index (κ1) is 28.2. The Morgan fingerprint density at radius 3 is 2.51 bits per heavy atom. The van der Waals surface area contributed by atoms with Crippen LogP contribution in [0.15, 0.2) is 70.9 Å². The van der Waals surface area contributed by atoms with Crippen LogP contribution < -0.4 is 20.7 Å². The molecule has 8 heteroatoms. The molecule has 0 aromatic heterocycles. The third-order valence-electron chi connectivity index (χ3n) is 6.66. The second-order valence-corrected chi connectivity index (χ2v) is 9.48. The number of benzene rings is 3. The average molecular weight is 528 g/mol. The molecule has 1 heterocycles. The summed E-state index contributed by atoms with van der Waals surface area (Å²) in [5, 5.41) is 27.6. The lowest BCUT2D eigenvalue weighted by Gasteiger charge is -2.16. The number of anilines is 1. The Hall–Kier alpha value is -3.85. The number of aldehydes is 1. The van der Waals surface area contributed by atoms with Gasteiger partial charge in [-0.15, -0.1) is 5.10 Å². The monoisotopic (exact) mass is 527 g/mol. The second-order valence-electron chi connectivity index (χ2n) is 9.48. The van der Waals surface area contributed by atoms with Crippen LogP contribution in [0.3, 0.4) is 0 Å². The van der Waals surface area contributed by atoms with Crippen molar-refractivity contribution < 1.29 is 14.6 Å². The number of amidine groups is 1. The van der Waals surface area contributed by atoms with Crippen LogP contribution in [0.1, 0.15) is 35.1 Å². The first-order valence-corrected chi connectivity index (χ1v) is 13.4. The van der Waals surface area contributed by atoms with Crippen LogP contribution in [-0.2, 0) is 11.3 Å². The Balaban J connectivity index is 1.42. The third-order valence-corrected chi connectivity index (χ3v) is 6.66. The number of aliphatic hydroxyl groups is 1. The number of rotatable bonds is 14. The van der Waals surface area contributed by atoms with Gasteiger partial charge in [0.2, 0.25) is 0 Å². The van der Waals surface area contributed by atoms with Gasteiger partial charge in [0.1, 0.15) is 17.9 Å². The molecular weight excluding hydrogens is 490 g/mol. The summed E-state index contributed by atoms with van der Waals surface area (Å²) in [6.45, 7) is 7.30. The van der Waals surface area contributed by atoms with Crippen molar-refractivity contribution in [1.82, 2.24) is 10.6 Å². The van der Waals surface area contributed by atoms with Crippen molar-refractivity contribution in [3.8, 4) is 16.9 Å². The molecule has 39 heavy (non-hydrogen) atoms. The quantitative estimate of drug-likeness (QED) is 0.185. The van der Waals surface area contributed by atoms with Gasteiger partial charge in [0.25, 0.3) is 0 Å². The summed E-state index contributed by atoms with van der Waals surface area (Å²) < 4.78 is 6.06. The molecule has 1 aliphatic rings. The minimum Gasteiger partial charge on any atom is -0.493 e. The van der Waals surface area contributed by atoms with E-state index in [2.05, 4.69) is 76.4 Å². The van der Waals surface area contributed by atoms with Gasteiger partial charge in [0, 0.05) is 24.3 Å². The maximum atomic E-state index is 10.4. The standard InChI is InChI=1S/C31H37N5O3/c1-22-26(27-10-5-12-30(23(27)2)39-18-6-13-32-14-16-37)9-4-11-28(22)29-20-31(36-35-29)34-25-8-3-7-24(19-25)21-33-15-17-38/h3-5,7-12,16,19,32-33,38H,6,13-15,17-18,20-21H2,1-2H3,(H,34,36). The Labute approximate surface area is 230 Å². The van der Waals surface area contributed by atoms with E-state index in [9.17, 15) is 4.79 Å². The Kier molecular flexibility index (Phi) is 10.4. The first-order valence-electron chi connectivity index (χ1n) is 13.4. The molecule has 8 nitrogen and oxygen atoms in total. The Morgan fingerprint density at radius 1 is 0.923 bits per heavy atom. The largest absolute Gasteiger partial charge is 0.493 e. The van der Waals surface area contributed by atoms with E-state index in [0.29, 0.717) is 32.7 Å². The lowest BCUT2D eigenvalue weighted by atomic mass is 9.91. The first-order chi connectivity index (χ1) is 19.1. The van der Waals surface area contributed by atoms with Gasteiger partial charge in [-0.05, 0) is 72.8 Å². The van der Waals surface area contributed by atoms with Crippen molar-refractivity contribution >= 4 is 23.5 Å². The fourth-order valence-corrected chi connectivity index (χ4v) is 4.65. The molecule has 0 saturated carbocycles. The Bertz CT molecular complexity index is 1340. The molecule has 0 aliphatic carbocycles. The molecule has 0 radical (unpaired) electrons. The molecular formula is C31H37N5O3. The van der Waals surface area contributed by atoms with Crippen molar-refractivity contribution in [2.75, 3.05) is 38.2 Å². The van der Waals surface area contributed by atoms with E-state index in [4.69, 9.17) is 9.84 Å². The van der Waals surface area contributed by atoms with Gasteiger partial charge < -0.3 is 30.6 Å². The van der Waals surface area contributed by atoms with Crippen molar-refractivity contribution in [3.63, 3.8) is 0 Å². The second kappa shape index (κ2) is 14.3. The summed E-state index contributed by atoms with van der Waals surface area (Å²) in [5.41, 5.74) is 8.65. The minimum atomic E-state index is 0.121. The van der Waals surface area contributed by atoms with Crippen LogP contribution in [0, 0.1) is 13.8 Å². The van der Waals surface area contributed by atoms with Crippen LogP contribution >= 0.6 is 0 Å². The zero-order valence-corrected chi connectivity index (χ0v) is 22.7. The van der Waals surface area contributed by atoms with E-state index in [1.54, 1.807) is 0 Å². The zero-order valence-electron chi connectivity index (χ0n) is 22.7. The molecule has 0 atom stereocenters. The van der Waals surface area contributed by atoms with Crippen LogP contribution in [-0.4, -0.2) is 55.8 Å². The summed E-state index contributed by atoms with van der Waals surface area (Å²) in [7, 11) is 0. The maximum absolute atomic E-state index is 10.4. The SMILES string of the molecule is Cc1c(OCCCNCC=O)cccc1-c1cccc(C2=NN=C(Nc3cccc(CNCCO)c3)C2)c1C. The number of aliphatic hydroxyl groups excluding tert-OH is 1. The number of ether oxygens (including phenoxy) is 1. The summed E-state index contributed by atoms with van der Waals surface area (Å²) in [6.07, 6.45) is 2.32. The minimum absolute atomic E-state index is 0.121. The summed E-state index contributed by atoms with van der Waals surface area (Å²) in [4.78, 5) is 10.4. The molecule has 3 aromatic rings. The highest BCUT2D eigenvalue weighted by molar-refractivity contribution is 6.18. The van der Waals surface area contributed by atoms with Gasteiger partial charge >= 0.3 is 0 Å². The number of nitrogens with zero attached hydrogens (tertiary/aromatic N) is 2. The van der Waals surface area contributed by atoms with E-state index in [1.807, 2.05) is 24.3 Å². The predicted molar refractivity (Wildman–Crippen MR) is 158 cm³/mol. The fourth-order valence-electron chi connectivity index (χ4n) is 4.65. The number of hydrogen-bond acceptors (Lipinski definition) is 8. The number of hydrogen-bond donors (Lipinski definition) is 4. The third kappa shape index (κ3) is 7.60. The molecule has 4 rings (SSSR count). The van der Waals surface area contributed by atoms with Crippen LogP contribution in [0.2, 0.25) is 0 Å². The zero-order chi connectivity index (χ0) is 27.5. The van der Waals surface area contributed by atoms with Crippen LogP contribution in [0.4, 0.5) is 5.69 Å². The highest BCUT2D eigenvalue weighted by Gasteiger charge is 2.19. The highest BCUT2D eigenvalue weighted by atomic mass is 16.5. The molecule has 1 aliphatic heterocycles. The molecule has 0 unspecified atom stereocenters. The normalized spacial score (nSPS) is 12.7. The molecule has 3 aromatic carbocycles. The predicted octanol–water partition coefficient (Wildman–Crippen LogP) is 4.23. The smallest absolute Gasteiger partial charge is 0.135 e. The van der Waals surface area contributed by atoms with Crippen molar-refractivity contribution in [3.05, 3.63) is 82.9 Å². The molecule has 0 amide bonds. The van der Waals surface area contributed by atoms with Crippen LogP contribution in [0.25, 0.3) is 11.1 Å². The molecule has 4 N–H and O–H groups in total. The maximum Gasteiger partial charge on any atom is 0.135 e. The lowest BCUT2D eigenvalue weighted by molar-refractivity contribution is -0.107. The van der Waals surface area contributed by atoms with E-state index in [-0.39, 0.29) is 6.61 Å². The number of nitrogens with one attached hydrogen (secondary N) is 3. The topological polar surface area (TPSA) is 107 Å². The van der Waals surface area contributed by atoms with Crippen molar-refractivity contribution in [2.24, 2.45) is 10.2 Å². The van der Waals surface area contributed by atoms with Gasteiger partial charge in [-0.1, -0.05) is 42.5 Å². The van der Waals surface area contributed by atoms with E-state index in [1.165, 1.54) is 0 Å². The summed E-state index contributed by atoms with van der Waals surface area (Å²) in [6, 6.07) is 20.6. The molecule has 204 valence electrons. The van der Waals surface area contributed by atoms with Gasteiger partial charge in [0.05, 0.1) is 31.9 Å². The molecule has 0 bridgehead atoms. The van der Waals surface area contributed by atoms with Crippen molar-refractivity contribution in [2.45, 2.75) is 33.2 Å². The van der Waals surface area contributed by atoms with E-state index in [0.717, 1.165) is 75.6 Å². The van der Waals surface area contributed by atoms with Gasteiger partial charge in [-0.3, -0.25) is 0 Å². The molecule has 0 spiro atoms. The summed E-state index contributed by atoms with van der Waals surface area (Å²) in [5.74, 6) is 1.68. The van der Waals surface area contributed by atoms with Gasteiger partial charge in [-0.25, -0.2) is 0 Å². The lowest BCUT2D eigenvalue weighted by Crippen LogP contribution is -2.19. The highest BCUT2D eigenvalue weighted by Crippen LogP contribution is 2.34.